The van der Waals surface area contributed by atoms with Gasteiger partial charge in [-0.1, -0.05) is 13.3 Å². The number of rotatable bonds is 4. The van der Waals surface area contributed by atoms with Crippen molar-refractivity contribution in [1.82, 2.24) is 0 Å². The predicted molar refractivity (Wildman–Crippen MR) is 30.1 cm³/mol. The molecule has 0 saturated heterocycles. The Balaban J connectivity index is 2.92. The van der Waals surface area contributed by atoms with Crippen molar-refractivity contribution in [2.75, 3.05) is 6.67 Å². The van der Waals surface area contributed by atoms with Gasteiger partial charge in [-0.2, -0.15) is 0 Å². The lowest BCUT2D eigenvalue weighted by molar-refractivity contribution is 0.270. The van der Waals surface area contributed by atoms with Crippen LogP contribution in [0.3, 0.4) is 0 Å². The molecule has 0 aromatic rings. The minimum atomic E-state index is -0.975. The van der Waals surface area contributed by atoms with Crippen molar-refractivity contribution in [2.24, 2.45) is 0 Å². The number of alkyl halides is 2. The third kappa shape index (κ3) is 4.03. The Labute approximate surface area is 48.9 Å². The quantitative estimate of drug-likeness (QED) is 0.535. The molecule has 0 nitrogen and oxygen atoms in total. The molecule has 0 spiro atoms. The molecule has 0 fully saturated rings. The minimum absolute atomic E-state index is 0.0372. The van der Waals surface area contributed by atoms with Crippen LogP contribution in [0.2, 0.25) is 0 Å². The normalized spacial score (nSPS) is 13.9. The summed E-state index contributed by atoms with van der Waals surface area (Å²) in [6.07, 6.45) is 0.0122. The van der Waals surface area contributed by atoms with Crippen LogP contribution in [0.25, 0.3) is 0 Å². The standard InChI is InChI=1S/C6H11F2/c1-2-3-6(8)4-5-7/h6H,1-5H2. The highest BCUT2D eigenvalue weighted by Crippen LogP contribution is 2.05. The van der Waals surface area contributed by atoms with E-state index in [0.717, 1.165) is 0 Å². The van der Waals surface area contributed by atoms with Gasteiger partial charge >= 0.3 is 0 Å². The van der Waals surface area contributed by atoms with Crippen molar-refractivity contribution in [2.45, 2.75) is 25.4 Å². The van der Waals surface area contributed by atoms with Crippen molar-refractivity contribution < 1.29 is 8.78 Å². The van der Waals surface area contributed by atoms with E-state index in [1.54, 1.807) is 0 Å². The largest absolute Gasteiger partial charge is 0.251 e. The molecular weight excluding hydrogens is 110 g/mol. The van der Waals surface area contributed by atoms with Gasteiger partial charge in [-0.15, -0.1) is 0 Å². The van der Waals surface area contributed by atoms with Crippen LogP contribution in [0.15, 0.2) is 0 Å². The second kappa shape index (κ2) is 5.01. The van der Waals surface area contributed by atoms with E-state index in [2.05, 4.69) is 6.92 Å². The SMILES string of the molecule is [CH2]CCC(F)CCF. The summed E-state index contributed by atoms with van der Waals surface area (Å²) in [4.78, 5) is 0. The van der Waals surface area contributed by atoms with Gasteiger partial charge in [0.05, 0.1) is 6.67 Å². The van der Waals surface area contributed by atoms with Gasteiger partial charge < -0.3 is 0 Å². The zero-order valence-corrected chi connectivity index (χ0v) is 4.87. The van der Waals surface area contributed by atoms with Crippen LogP contribution in [0.4, 0.5) is 8.78 Å². The molecule has 1 radical (unpaired) electrons. The topological polar surface area (TPSA) is 0 Å². The molecule has 0 bridgehead atoms. The maximum absolute atomic E-state index is 12.1. The Morgan fingerprint density at radius 1 is 1.38 bits per heavy atom. The van der Waals surface area contributed by atoms with E-state index in [0.29, 0.717) is 12.8 Å². The molecule has 0 N–H and O–H groups in total. The van der Waals surface area contributed by atoms with Crippen LogP contribution >= 0.6 is 0 Å². The molecule has 0 heterocycles. The molecule has 49 valence electrons. The maximum atomic E-state index is 12.1. The van der Waals surface area contributed by atoms with Crippen LogP contribution in [-0.2, 0) is 0 Å². The molecule has 2 heteroatoms. The van der Waals surface area contributed by atoms with Crippen LogP contribution in [0.1, 0.15) is 19.3 Å². The van der Waals surface area contributed by atoms with Gasteiger partial charge in [-0.05, 0) is 6.42 Å². The summed E-state index contributed by atoms with van der Waals surface area (Å²) in [6.45, 7) is 2.89. The van der Waals surface area contributed by atoms with Gasteiger partial charge in [0, 0.05) is 6.42 Å². The first kappa shape index (κ1) is 7.86. The van der Waals surface area contributed by atoms with Crippen molar-refractivity contribution in [3.63, 3.8) is 0 Å². The van der Waals surface area contributed by atoms with E-state index >= 15 is 0 Å². The summed E-state index contributed by atoms with van der Waals surface area (Å²) < 4.78 is 23.4. The van der Waals surface area contributed by atoms with Crippen molar-refractivity contribution in [3.05, 3.63) is 6.92 Å². The highest BCUT2D eigenvalue weighted by molar-refractivity contribution is 4.55. The molecule has 8 heavy (non-hydrogen) atoms. The molecule has 1 unspecified atom stereocenters. The molecule has 0 saturated carbocycles. The molecule has 0 rings (SSSR count). The summed E-state index contributed by atoms with van der Waals surface area (Å²) in [5, 5.41) is 0. The average Bonchev–Trinajstić information content (AvgIpc) is 1.68. The summed E-state index contributed by atoms with van der Waals surface area (Å²) in [5.41, 5.74) is 0. The van der Waals surface area contributed by atoms with E-state index in [9.17, 15) is 8.78 Å². The van der Waals surface area contributed by atoms with Crippen LogP contribution < -0.4 is 0 Å². The molecule has 0 aromatic heterocycles. The smallest absolute Gasteiger partial charge is 0.103 e. The highest BCUT2D eigenvalue weighted by atomic mass is 19.1. The summed E-state index contributed by atoms with van der Waals surface area (Å²) in [6, 6.07) is 0. The van der Waals surface area contributed by atoms with Gasteiger partial charge in [0.1, 0.15) is 6.17 Å². The van der Waals surface area contributed by atoms with E-state index < -0.39 is 12.8 Å². The molecule has 0 aromatic carbocycles. The second-order valence-electron chi connectivity index (χ2n) is 1.72. The van der Waals surface area contributed by atoms with Gasteiger partial charge in [-0.3, -0.25) is 4.39 Å². The lowest BCUT2D eigenvalue weighted by Gasteiger charge is -2.00. The van der Waals surface area contributed by atoms with E-state index in [4.69, 9.17) is 0 Å². The van der Waals surface area contributed by atoms with E-state index in [-0.39, 0.29) is 6.42 Å². The first-order valence-corrected chi connectivity index (χ1v) is 2.80. The zero-order valence-electron chi connectivity index (χ0n) is 4.87. The first-order valence-electron chi connectivity index (χ1n) is 2.80. The monoisotopic (exact) mass is 121 g/mol. The fourth-order valence-corrected chi connectivity index (χ4v) is 0.484. The molecule has 1 atom stereocenters. The summed E-state index contributed by atoms with van der Waals surface area (Å²) in [5.74, 6) is 0. The maximum Gasteiger partial charge on any atom is 0.103 e. The molecule has 0 aliphatic heterocycles. The second-order valence-corrected chi connectivity index (χ2v) is 1.72. The van der Waals surface area contributed by atoms with Crippen molar-refractivity contribution in [1.29, 1.82) is 0 Å². The third-order valence-electron chi connectivity index (χ3n) is 0.940. The zero-order chi connectivity index (χ0) is 6.41. The lowest BCUT2D eigenvalue weighted by atomic mass is 10.2. The Morgan fingerprint density at radius 2 is 2.00 bits per heavy atom. The number of hydrogen-bond acceptors (Lipinski definition) is 0. The number of hydrogen-bond donors (Lipinski definition) is 0. The average molecular weight is 121 g/mol. The van der Waals surface area contributed by atoms with Crippen molar-refractivity contribution in [3.8, 4) is 0 Å². The van der Waals surface area contributed by atoms with Crippen LogP contribution in [0.5, 0.6) is 0 Å². The van der Waals surface area contributed by atoms with Gasteiger partial charge in [0.15, 0.2) is 0 Å². The fraction of sp³-hybridized carbons (Fsp3) is 0.833. The molecular formula is C6H11F2. The number of halogens is 2. The lowest BCUT2D eigenvalue weighted by Crippen LogP contribution is -1.99. The fourth-order valence-electron chi connectivity index (χ4n) is 0.484. The highest BCUT2D eigenvalue weighted by Gasteiger charge is 2.02. The van der Waals surface area contributed by atoms with Crippen LogP contribution in [0, 0.1) is 6.92 Å². The van der Waals surface area contributed by atoms with Gasteiger partial charge in [0.25, 0.3) is 0 Å². The predicted octanol–water partition coefficient (Wildman–Crippen LogP) is 2.30. The first-order chi connectivity index (χ1) is 3.81. The van der Waals surface area contributed by atoms with E-state index in [1.807, 2.05) is 0 Å². The Morgan fingerprint density at radius 3 is 2.38 bits per heavy atom. The van der Waals surface area contributed by atoms with Crippen molar-refractivity contribution >= 4 is 0 Å². The minimum Gasteiger partial charge on any atom is -0.251 e. The Bertz CT molecular complexity index is 39.8. The van der Waals surface area contributed by atoms with Gasteiger partial charge in [-0.25, -0.2) is 4.39 Å². The molecule has 0 aliphatic rings. The Hall–Kier alpha value is -0.140. The summed E-state index contributed by atoms with van der Waals surface area (Å²) in [7, 11) is 0. The van der Waals surface area contributed by atoms with E-state index in [1.165, 1.54) is 0 Å². The van der Waals surface area contributed by atoms with Crippen LogP contribution in [-0.4, -0.2) is 12.8 Å². The summed E-state index contributed by atoms with van der Waals surface area (Å²) >= 11 is 0. The third-order valence-corrected chi connectivity index (χ3v) is 0.940. The Kier molecular flexibility index (Phi) is 4.92. The van der Waals surface area contributed by atoms with Gasteiger partial charge in [0.2, 0.25) is 0 Å². The molecule has 0 amide bonds. The molecule has 0 aliphatic carbocycles.